The van der Waals surface area contributed by atoms with Gasteiger partial charge in [0.1, 0.15) is 16.5 Å². The summed E-state index contributed by atoms with van der Waals surface area (Å²) < 4.78 is 11.2. The first-order valence-electron chi connectivity index (χ1n) is 9.51. The predicted octanol–water partition coefficient (Wildman–Crippen LogP) is 5.26. The minimum Gasteiger partial charge on any atom is -0.425 e. The summed E-state index contributed by atoms with van der Waals surface area (Å²) >= 11 is 6.37. The van der Waals surface area contributed by atoms with Crippen LogP contribution >= 0.6 is 11.6 Å². The molecule has 0 saturated heterocycles. The van der Waals surface area contributed by atoms with Crippen molar-refractivity contribution in [3.8, 4) is 16.9 Å². The molecule has 5 nitrogen and oxygen atoms in total. The normalized spacial score (nSPS) is 15.7. The van der Waals surface area contributed by atoms with Crippen LogP contribution in [-0.2, 0) is 4.79 Å². The summed E-state index contributed by atoms with van der Waals surface area (Å²) in [7, 11) is 0. The number of benzene rings is 2. The van der Waals surface area contributed by atoms with Crippen LogP contribution in [0.1, 0.15) is 29.0 Å². The van der Waals surface area contributed by atoms with Crippen molar-refractivity contribution in [2.75, 3.05) is 0 Å². The molecule has 2 aromatic heterocycles. The molecule has 2 aromatic carbocycles. The van der Waals surface area contributed by atoms with Crippen molar-refractivity contribution in [2.45, 2.75) is 19.3 Å². The highest BCUT2D eigenvalue weighted by Crippen LogP contribution is 2.47. The van der Waals surface area contributed by atoms with Crippen molar-refractivity contribution in [3.05, 3.63) is 93.1 Å². The van der Waals surface area contributed by atoms with Gasteiger partial charge in [-0.1, -0.05) is 48.0 Å². The lowest BCUT2D eigenvalue weighted by Gasteiger charge is -2.28. The maximum Gasteiger partial charge on any atom is 0.336 e. The maximum absolute atomic E-state index is 12.6. The largest absolute Gasteiger partial charge is 0.425 e. The van der Waals surface area contributed by atoms with Crippen molar-refractivity contribution in [1.29, 1.82) is 0 Å². The summed E-state index contributed by atoms with van der Waals surface area (Å²) in [6, 6.07) is 16.4. The van der Waals surface area contributed by atoms with Crippen LogP contribution in [0.3, 0.4) is 0 Å². The highest BCUT2D eigenvalue weighted by Gasteiger charge is 2.34. The lowest BCUT2D eigenvalue weighted by molar-refractivity contribution is -0.135. The van der Waals surface area contributed by atoms with Gasteiger partial charge in [-0.3, -0.25) is 4.79 Å². The number of aryl methyl sites for hydroxylation is 1. The zero-order valence-corrected chi connectivity index (χ0v) is 16.8. The number of ether oxygens (including phenoxy) is 1. The van der Waals surface area contributed by atoms with Gasteiger partial charge in [0.05, 0.1) is 11.8 Å². The van der Waals surface area contributed by atoms with Gasteiger partial charge in [-0.2, -0.15) is 0 Å². The fourth-order valence-corrected chi connectivity index (χ4v) is 4.42. The lowest BCUT2D eigenvalue weighted by atomic mass is 9.83. The second-order valence-electron chi connectivity index (χ2n) is 7.27. The standard InChI is InChI=1S/C24H16ClNO4/c1-13-10-18-22(16(11-19(27)29-18)14-6-3-2-4-7-14)23-21(13)17(12-20(28)30-23)15-8-5-9-26-24(15)25/h2-11,17H,12H2,1H3. The molecule has 4 aromatic rings. The van der Waals surface area contributed by atoms with Gasteiger partial charge < -0.3 is 9.15 Å². The van der Waals surface area contributed by atoms with E-state index in [0.29, 0.717) is 27.4 Å². The average molecular weight is 418 g/mol. The molecule has 30 heavy (non-hydrogen) atoms. The molecule has 0 aliphatic carbocycles. The third kappa shape index (κ3) is 2.99. The van der Waals surface area contributed by atoms with Crippen LogP contribution in [0, 0.1) is 6.92 Å². The number of aromatic nitrogens is 1. The van der Waals surface area contributed by atoms with E-state index in [4.69, 9.17) is 20.8 Å². The van der Waals surface area contributed by atoms with E-state index in [2.05, 4.69) is 4.98 Å². The van der Waals surface area contributed by atoms with Gasteiger partial charge >= 0.3 is 11.6 Å². The number of pyridine rings is 1. The van der Waals surface area contributed by atoms with E-state index in [1.54, 1.807) is 12.3 Å². The Morgan fingerprint density at radius 2 is 1.87 bits per heavy atom. The summed E-state index contributed by atoms with van der Waals surface area (Å²) in [4.78, 5) is 29.0. The first-order valence-corrected chi connectivity index (χ1v) is 9.88. The zero-order chi connectivity index (χ0) is 20.8. The maximum atomic E-state index is 12.6. The van der Waals surface area contributed by atoms with E-state index >= 15 is 0 Å². The molecular formula is C24H16ClNO4. The topological polar surface area (TPSA) is 69.4 Å². The van der Waals surface area contributed by atoms with Gasteiger partial charge in [0.25, 0.3) is 0 Å². The quantitative estimate of drug-likeness (QED) is 0.192. The van der Waals surface area contributed by atoms with E-state index in [0.717, 1.165) is 22.3 Å². The number of fused-ring (bicyclic) bond motifs is 3. The van der Waals surface area contributed by atoms with Gasteiger partial charge in [-0.25, -0.2) is 9.78 Å². The molecule has 3 heterocycles. The summed E-state index contributed by atoms with van der Waals surface area (Å²) in [6.45, 7) is 1.91. The van der Waals surface area contributed by atoms with E-state index < -0.39 is 5.63 Å². The molecule has 6 heteroatoms. The van der Waals surface area contributed by atoms with Crippen LogP contribution in [0.4, 0.5) is 0 Å². The van der Waals surface area contributed by atoms with Crippen LogP contribution < -0.4 is 10.4 Å². The molecule has 148 valence electrons. The first kappa shape index (κ1) is 18.6. The molecule has 0 bridgehead atoms. The summed E-state index contributed by atoms with van der Waals surface area (Å²) in [6.07, 6.45) is 1.77. The fourth-order valence-electron chi connectivity index (χ4n) is 4.17. The zero-order valence-electron chi connectivity index (χ0n) is 16.0. The number of carbonyl (C=O) groups excluding carboxylic acids is 1. The van der Waals surface area contributed by atoms with Crippen molar-refractivity contribution < 1.29 is 13.9 Å². The Labute approximate surface area is 176 Å². The molecule has 0 radical (unpaired) electrons. The van der Waals surface area contributed by atoms with E-state index in [1.165, 1.54) is 6.07 Å². The Bertz CT molecular complexity index is 1360. The minimum atomic E-state index is -0.463. The summed E-state index contributed by atoms with van der Waals surface area (Å²) in [5.41, 5.74) is 3.87. The number of hydrogen-bond donors (Lipinski definition) is 0. The Hall–Kier alpha value is -3.44. The molecule has 0 N–H and O–H groups in total. The van der Waals surface area contributed by atoms with Crippen LogP contribution in [-0.4, -0.2) is 11.0 Å². The highest BCUT2D eigenvalue weighted by atomic mass is 35.5. The average Bonchev–Trinajstić information content (AvgIpc) is 2.73. The Kier molecular flexibility index (Phi) is 4.40. The lowest BCUT2D eigenvalue weighted by Crippen LogP contribution is -2.23. The monoisotopic (exact) mass is 417 g/mol. The van der Waals surface area contributed by atoms with Crippen LogP contribution in [0.15, 0.2) is 70.0 Å². The van der Waals surface area contributed by atoms with Crippen LogP contribution in [0.25, 0.3) is 22.1 Å². The molecule has 1 aliphatic rings. The highest BCUT2D eigenvalue weighted by molar-refractivity contribution is 6.30. The van der Waals surface area contributed by atoms with E-state index in [1.807, 2.05) is 49.4 Å². The van der Waals surface area contributed by atoms with Gasteiger partial charge in [0, 0.05) is 29.3 Å². The third-order valence-corrected chi connectivity index (χ3v) is 5.73. The number of hydrogen-bond acceptors (Lipinski definition) is 5. The SMILES string of the molecule is Cc1cc2oc(=O)cc(-c3ccccc3)c2c2c1C(c1cccnc1Cl)CC(=O)O2. The number of halogens is 1. The number of nitrogens with zero attached hydrogens (tertiary/aromatic N) is 1. The molecule has 1 atom stereocenters. The van der Waals surface area contributed by atoms with Gasteiger partial charge in [-0.05, 0) is 35.7 Å². The molecular weight excluding hydrogens is 402 g/mol. The Balaban J connectivity index is 1.88. The molecule has 1 unspecified atom stereocenters. The molecule has 0 saturated carbocycles. The summed E-state index contributed by atoms with van der Waals surface area (Å²) in [5, 5.41) is 0.949. The molecule has 0 amide bonds. The number of rotatable bonds is 2. The molecule has 5 rings (SSSR count). The fraction of sp³-hybridized carbons (Fsp3) is 0.125. The Morgan fingerprint density at radius 3 is 2.63 bits per heavy atom. The van der Waals surface area contributed by atoms with Crippen molar-refractivity contribution >= 4 is 28.5 Å². The predicted molar refractivity (Wildman–Crippen MR) is 114 cm³/mol. The van der Waals surface area contributed by atoms with E-state index in [9.17, 15) is 9.59 Å². The second kappa shape index (κ2) is 7.11. The molecule has 0 spiro atoms. The third-order valence-electron chi connectivity index (χ3n) is 5.42. The smallest absolute Gasteiger partial charge is 0.336 e. The van der Waals surface area contributed by atoms with Crippen molar-refractivity contribution in [1.82, 2.24) is 4.98 Å². The minimum absolute atomic E-state index is 0.155. The Morgan fingerprint density at radius 1 is 1.07 bits per heavy atom. The molecule has 0 fully saturated rings. The number of esters is 1. The van der Waals surface area contributed by atoms with Crippen molar-refractivity contribution in [2.24, 2.45) is 0 Å². The van der Waals surface area contributed by atoms with Gasteiger partial charge in [0.15, 0.2) is 0 Å². The van der Waals surface area contributed by atoms with Gasteiger partial charge in [0.2, 0.25) is 0 Å². The van der Waals surface area contributed by atoms with Crippen LogP contribution in [0.5, 0.6) is 5.75 Å². The van der Waals surface area contributed by atoms with Crippen molar-refractivity contribution in [3.63, 3.8) is 0 Å². The first-order chi connectivity index (χ1) is 14.5. The van der Waals surface area contributed by atoms with Gasteiger partial charge in [-0.15, -0.1) is 0 Å². The number of carbonyl (C=O) groups is 1. The van der Waals surface area contributed by atoms with E-state index in [-0.39, 0.29) is 18.3 Å². The molecule has 1 aliphatic heterocycles. The van der Waals surface area contributed by atoms with Crippen LogP contribution in [0.2, 0.25) is 5.15 Å². The second-order valence-corrected chi connectivity index (χ2v) is 7.63. The summed E-state index contributed by atoms with van der Waals surface area (Å²) in [5.74, 6) is -0.263.